The van der Waals surface area contributed by atoms with E-state index in [1.165, 1.54) is 0 Å². The van der Waals surface area contributed by atoms with Crippen LogP contribution in [0.25, 0.3) is 0 Å². The summed E-state index contributed by atoms with van der Waals surface area (Å²) in [4.78, 5) is 4.24. The van der Waals surface area contributed by atoms with Crippen molar-refractivity contribution in [3.63, 3.8) is 0 Å². The van der Waals surface area contributed by atoms with E-state index >= 15 is 0 Å². The largest absolute Gasteiger partial charge is 0.468 e. The summed E-state index contributed by atoms with van der Waals surface area (Å²) in [5.41, 5.74) is 1.04. The van der Waals surface area contributed by atoms with Gasteiger partial charge in [-0.1, -0.05) is 25.4 Å². The number of rotatable bonds is 7. The summed E-state index contributed by atoms with van der Waals surface area (Å²) in [6.45, 7) is 6.38. The molecule has 0 bridgehead atoms. The summed E-state index contributed by atoms with van der Waals surface area (Å²) in [6, 6.07) is 5.54. The van der Waals surface area contributed by atoms with E-state index in [1.807, 2.05) is 18.2 Å². The van der Waals surface area contributed by atoms with Gasteiger partial charge in [-0.25, -0.2) is 4.98 Å². The number of hydrogen-bond donors (Lipinski definition) is 1. The van der Waals surface area contributed by atoms with Gasteiger partial charge in [-0.15, -0.1) is 0 Å². The molecular weight excluding hydrogens is 276 g/mol. The van der Waals surface area contributed by atoms with E-state index in [2.05, 4.69) is 24.1 Å². The van der Waals surface area contributed by atoms with Gasteiger partial charge in [0, 0.05) is 12.7 Å². The summed E-state index contributed by atoms with van der Waals surface area (Å²) in [5.74, 6) is 1.79. The van der Waals surface area contributed by atoms with Crippen LogP contribution in [-0.4, -0.2) is 11.5 Å². The van der Waals surface area contributed by atoms with Crippen molar-refractivity contribution in [3.8, 4) is 5.88 Å². The summed E-state index contributed by atoms with van der Waals surface area (Å²) >= 11 is 6.17. The third-order valence-electron chi connectivity index (χ3n) is 2.68. The van der Waals surface area contributed by atoms with Gasteiger partial charge < -0.3 is 14.5 Å². The molecule has 0 aliphatic rings. The molecule has 0 saturated carbocycles. The van der Waals surface area contributed by atoms with E-state index in [1.54, 1.807) is 12.5 Å². The molecule has 2 aromatic heterocycles. The van der Waals surface area contributed by atoms with Crippen molar-refractivity contribution in [2.75, 3.05) is 6.54 Å². The highest BCUT2D eigenvalue weighted by Crippen LogP contribution is 2.23. The van der Waals surface area contributed by atoms with E-state index in [0.717, 1.165) is 24.4 Å². The smallest absolute Gasteiger partial charge is 0.233 e. The van der Waals surface area contributed by atoms with Crippen molar-refractivity contribution in [2.45, 2.75) is 27.0 Å². The Morgan fingerprint density at radius 1 is 1.45 bits per heavy atom. The van der Waals surface area contributed by atoms with Crippen molar-refractivity contribution < 1.29 is 9.15 Å². The molecule has 2 rings (SSSR count). The predicted molar refractivity (Wildman–Crippen MR) is 78.8 cm³/mol. The number of halogens is 1. The highest BCUT2D eigenvalue weighted by atomic mass is 35.5. The minimum absolute atomic E-state index is 0.324. The van der Waals surface area contributed by atoms with Crippen molar-refractivity contribution >= 4 is 11.6 Å². The normalized spacial score (nSPS) is 11.0. The van der Waals surface area contributed by atoms with Gasteiger partial charge in [0.15, 0.2) is 0 Å². The molecule has 2 heterocycles. The van der Waals surface area contributed by atoms with Crippen molar-refractivity contribution in [3.05, 3.63) is 47.0 Å². The minimum atomic E-state index is 0.324. The molecule has 0 aromatic carbocycles. The molecule has 5 heteroatoms. The van der Waals surface area contributed by atoms with Gasteiger partial charge in [0.1, 0.15) is 17.4 Å². The molecule has 0 fully saturated rings. The van der Waals surface area contributed by atoms with Gasteiger partial charge in [0.25, 0.3) is 0 Å². The molecule has 0 saturated heterocycles. The number of hydrogen-bond acceptors (Lipinski definition) is 4. The predicted octanol–water partition coefficient (Wildman–Crippen LogP) is 3.65. The highest BCUT2D eigenvalue weighted by Gasteiger charge is 2.06. The van der Waals surface area contributed by atoms with Crippen LogP contribution in [0.1, 0.15) is 25.2 Å². The Morgan fingerprint density at radius 3 is 2.95 bits per heavy atom. The molecule has 0 amide bonds. The summed E-state index contributed by atoms with van der Waals surface area (Å²) < 4.78 is 10.7. The lowest BCUT2D eigenvalue weighted by Gasteiger charge is -2.09. The molecular formula is C15H19ClN2O2. The van der Waals surface area contributed by atoms with E-state index in [9.17, 15) is 0 Å². The first kappa shape index (κ1) is 14.9. The van der Waals surface area contributed by atoms with Crippen molar-refractivity contribution in [2.24, 2.45) is 5.92 Å². The zero-order valence-corrected chi connectivity index (χ0v) is 12.5. The first-order valence-electron chi connectivity index (χ1n) is 6.65. The second kappa shape index (κ2) is 7.31. The molecule has 0 aliphatic carbocycles. The minimum Gasteiger partial charge on any atom is -0.468 e. The summed E-state index contributed by atoms with van der Waals surface area (Å²) in [6.07, 6.45) is 3.38. The average Bonchev–Trinajstić information content (AvgIpc) is 2.90. The molecule has 0 aliphatic heterocycles. The average molecular weight is 295 g/mol. The van der Waals surface area contributed by atoms with E-state index in [0.29, 0.717) is 23.4 Å². The Bertz CT molecular complexity index is 527. The lowest BCUT2D eigenvalue weighted by molar-refractivity contribution is 0.260. The Balaban J connectivity index is 1.88. The highest BCUT2D eigenvalue weighted by molar-refractivity contribution is 6.31. The van der Waals surface area contributed by atoms with Crippen LogP contribution in [-0.2, 0) is 13.2 Å². The van der Waals surface area contributed by atoms with Gasteiger partial charge in [-0.05, 0) is 36.2 Å². The van der Waals surface area contributed by atoms with Crippen LogP contribution in [0, 0.1) is 5.92 Å². The number of furan rings is 1. The number of nitrogens with zero attached hydrogens (tertiary/aromatic N) is 1. The fourth-order valence-electron chi connectivity index (χ4n) is 1.71. The van der Waals surface area contributed by atoms with Crippen molar-refractivity contribution in [1.29, 1.82) is 0 Å². The molecule has 0 radical (unpaired) electrons. The van der Waals surface area contributed by atoms with E-state index in [-0.39, 0.29) is 0 Å². The second-order valence-electron chi connectivity index (χ2n) is 5.02. The van der Waals surface area contributed by atoms with E-state index in [4.69, 9.17) is 20.8 Å². The maximum Gasteiger partial charge on any atom is 0.233 e. The number of pyridine rings is 1. The maximum absolute atomic E-state index is 6.17. The second-order valence-corrected chi connectivity index (χ2v) is 5.43. The Hall–Kier alpha value is -1.52. The SMILES string of the molecule is CC(C)CNCc1cnc(OCc2ccco2)c(Cl)c1. The summed E-state index contributed by atoms with van der Waals surface area (Å²) in [5, 5.41) is 3.86. The van der Waals surface area contributed by atoms with Crippen LogP contribution in [0.4, 0.5) is 0 Å². The monoisotopic (exact) mass is 294 g/mol. The molecule has 0 unspecified atom stereocenters. The van der Waals surface area contributed by atoms with Crippen molar-refractivity contribution in [1.82, 2.24) is 10.3 Å². The molecule has 0 spiro atoms. The van der Waals surface area contributed by atoms with Crippen LogP contribution >= 0.6 is 11.6 Å². The topological polar surface area (TPSA) is 47.3 Å². The Morgan fingerprint density at radius 2 is 2.30 bits per heavy atom. The zero-order chi connectivity index (χ0) is 14.4. The molecule has 0 atom stereocenters. The van der Waals surface area contributed by atoms with E-state index < -0.39 is 0 Å². The lowest BCUT2D eigenvalue weighted by atomic mass is 10.2. The van der Waals surface area contributed by atoms with Gasteiger partial charge >= 0.3 is 0 Å². The number of nitrogens with one attached hydrogen (secondary N) is 1. The van der Waals surface area contributed by atoms with Crippen LogP contribution in [0.2, 0.25) is 5.02 Å². The molecule has 1 N–H and O–H groups in total. The number of aromatic nitrogens is 1. The fourth-order valence-corrected chi connectivity index (χ4v) is 1.95. The third kappa shape index (κ3) is 4.54. The first-order chi connectivity index (χ1) is 9.65. The number of ether oxygens (including phenoxy) is 1. The third-order valence-corrected chi connectivity index (χ3v) is 2.95. The lowest BCUT2D eigenvalue weighted by Crippen LogP contribution is -2.19. The maximum atomic E-state index is 6.17. The Labute approximate surface area is 124 Å². The van der Waals surface area contributed by atoms with Gasteiger partial charge in [-0.3, -0.25) is 0 Å². The van der Waals surface area contributed by atoms with Crippen LogP contribution < -0.4 is 10.1 Å². The first-order valence-corrected chi connectivity index (χ1v) is 7.03. The Kier molecular flexibility index (Phi) is 5.44. The molecule has 4 nitrogen and oxygen atoms in total. The molecule has 108 valence electrons. The quantitative estimate of drug-likeness (QED) is 0.847. The van der Waals surface area contributed by atoms with Crippen LogP contribution in [0.5, 0.6) is 5.88 Å². The fraction of sp³-hybridized carbons (Fsp3) is 0.400. The van der Waals surface area contributed by atoms with Crippen LogP contribution in [0.3, 0.4) is 0 Å². The molecule has 20 heavy (non-hydrogen) atoms. The van der Waals surface area contributed by atoms with Gasteiger partial charge in [0.2, 0.25) is 5.88 Å². The van der Waals surface area contributed by atoms with Gasteiger partial charge in [-0.2, -0.15) is 0 Å². The standard InChI is InChI=1S/C15H19ClN2O2/c1-11(2)7-17-8-12-6-14(16)15(18-9-12)20-10-13-4-3-5-19-13/h3-6,9,11,17H,7-8,10H2,1-2H3. The molecule has 2 aromatic rings. The summed E-state index contributed by atoms with van der Waals surface area (Å²) in [7, 11) is 0. The zero-order valence-electron chi connectivity index (χ0n) is 11.7. The van der Waals surface area contributed by atoms with Crippen LogP contribution in [0.15, 0.2) is 35.1 Å². The van der Waals surface area contributed by atoms with Gasteiger partial charge in [0.05, 0.1) is 6.26 Å².